The van der Waals surface area contributed by atoms with Crippen LogP contribution < -0.4 is 11.1 Å². The molecule has 2 aromatic rings. The number of carbonyl (C=O) groups is 1. The van der Waals surface area contributed by atoms with Crippen LogP contribution in [0, 0.1) is 5.92 Å². The normalized spacial score (nSPS) is 21.7. The molecular weight excluding hydrogens is 274 g/mol. The SMILES string of the molecule is CNC(=O)c1cc(C2CCC(CN)CC2)nc2ccccc12. The molecule has 1 amide bonds. The first kappa shape index (κ1) is 15.0. The Bertz CT molecular complexity index is 675. The molecule has 0 aliphatic heterocycles. The molecule has 1 fully saturated rings. The van der Waals surface area contributed by atoms with Crippen molar-refractivity contribution in [2.45, 2.75) is 31.6 Å². The van der Waals surface area contributed by atoms with E-state index in [-0.39, 0.29) is 5.91 Å². The number of hydrogen-bond acceptors (Lipinski definition) is 3. The van der Waals surface area contributed by atoms with Gasteiger partial charge in [0.1, 0.15) is 0 Å². The first-order valence-corrected chi connectivity index (χ1v) is 8.04. The molecule has 3 rings (SSSR count). The molecule has 0 unspecified atom stereocenters. The Morgan fingerprint density at radius 1 is 1.27 bits per heavy atom. The zero-order chi connectivity index (χ0) is 15.5. The highest BCUT2D eigenvalue weighted by Crippen LogP contribution is 2.35. The Balaban J connectivity index is 1.98. The number of aromatic nitrogens is 1. The van der Waals surface area contributed by atoms with Crippen LogP contribution in [0.25, 0.3) is 10.9 Å². The van der Waals surface area contributed by atoms with Crippen molar-refractivity contribution in [1.82, 2.24) is 10.3 Å². The van der Waals surface area contributed by atoms with Gasteiger partial charge in [0.15, 0.2) is 0 Å². The minimum absolute atomic E-state index is 0.0458. The van der Waals surface area contributed by atoms with Gasteiger partial charge in [-0.25, -0.2) is 0 Å². The van der Waals surface area contributed by atoms with Gasteiger partial charge in [0.05, 0.1) is 11.1 Å². The van der Waals surface area contributed by atoms with E-state index in [1.54, 1.807) is 7.05 Å². The van der Waals surface area contributed by atoms with Crippen LogP contribution in [0.2, 0.25) is 0 Å². The molecule has 4 nitrogen and oxygen atoms in total. The molecule has 0 saturated heterocycles. The molecule has 0 bridgehead atoms. The molecule has 1 heterocycles. The lowest BCUT2D eigenvalue weighted by Gasteiger charge is -2.27. The first-order valence-electron chi connectivity index (χ1n) is 8.04. The van der Waals surface area contributed by atoms with E-state index in [1.165, 1.54) is 0 Å². The van der Waals surface area contributed by atoms with Crippen molar-refractivity contribution in [3.63, 3.8) is 0 Å². The molecule has 116 valence electrons. The van der Waals surface area contributed by atoms with Gasteiger partial charge in [-0.1, -0.05) is 18.2 Å². The molecule has 1 aromatic heterocycles. The quantitative estimate of drug-likeness (QED) is 0.915. The second-order valence-corrected chi connectivity index (χ2v) is 6.14. The molecule has 3 N–H and O–H groups in total. The highest BCUT2D eigenvalue weighted by Gasteiger charge is 2.24. The molecule has 0 radical (unpaired) electrons. The highest BCUT2D eigenvalue weighted by molar-refractivity contribution is 6.06. The summed E-state index contributed by atoms with van der Waals surface area (Å²) in [7, 11) is 1.67. The summed E-state index contributed by atoms with van der Waals surface area (Å²) in [6, 6.07) is 9.84. The average molecular weight is 297 g/mol. The van der Waals surface area contributed by atoms with E-state index in [9.17, 15) is 4.79 Å². The number of nitrogens with one attached hydrogen (secondary N) is 1. The topological polar surface area (TPSA) is 68.0 Å². The molecule has 1 aromatic carbocycles. The lowest BCUT2D eigenvalue weighted by atomic mass is 9.80. The lowest BCUT2D eigenvalue weighted by Crippen LogP contribution is -2.22. The summed E-state index contributed by atoms with van der Waals surface area (Å²) < 4.78 is 0. The number of nitrogens with zero attached hydrogens (tertiary/aromatic N) is 1. The maximum absolute atomic E-state index is 12.2. The Hall–Kier alpha value is -1.94. The fourth-order valence-electron chi connectivity index (χ4n) is 3.42. The van der Waals surface area contributed by atoms with Crippen molar-refractivity contribution >= 4 is 16.8 Å². The molecular formula is C18H23N3O. The first-order chi connectivity index (χ1) is 10.7. The summed E-state index contributed by atoms with van der Waals surface area (Å²) in [5.41, 5.74) is 8.45. The Morgan fingerprint density at radius 3 is 2.68 bits per heavy atom. The largest absolute Gasteiger partial charge is 0.355 e. The predicted octanol–water partition coefficient (Wildman–Crippen LogP) is 2.83. The van der Waals surface area contributed by atoms with Gasteiger partial charge in [-0.3, -0.25) is 9.78 Å². The minimum Gasteiger partial charge on any atom is -0.355 e. The average Bonchev–Trinajstić information content (AvgIpc) is 2.60. The fraction of sp³-hybridized carbons (Fsp3) is 0.444. The minimum atomic E-state index is -0.0458. The van der Waals surface area contributed by atoms with Crippen LogP contribution in [0.1, 0.15) is 47.7 Å². The van der Waals surface area contributed by atoms with E-state index >= 15 is 0 Å². The van der Waals surface area contributed by atoms with Gasteiger partial charge in [0.2, 0.25) is 0 Å². The van der Waals surface area contributed by atoms with Crippen molar-refractivity contribution in [2.75, 3.05) is 13.6 Å². The monoisotopic (exact) mass is 297 g/mol. The van der Waals surface area contributed by atoms with Crippen molar-refractivity contribution in [1.29, 1.82) is 0 Å². The number of para-hydroxylation sites is 1. The number of benzene rings is 1. The highest BCUT2D eigenvalue weighted by atomic mass is 16.1. The Labute approximate surface area is 131 Å². The van der Waals surface area contributed by atoms with Crippen molar-refractivity contribution in [3.8, 4) is 0 Å². The van der Waals surface area contributed by atoms with E-state index in [0.717, 1.165) is 54.4 Å². The number of amides is 1. The molecule has 1 saturated carbocycles. The zero-order valence-corrected chi connectivity index (χ0v) is 13.0. The van der Waals surface area contributed by atoms with Gasteiger partial charge >= 0.3 is 0 Å². The zero-order valence-electron chi connectivity index (χ0n) is 13.0. The molecule has 1 aliphatic carbocycles. The van der Waals surface area contributed by atoms with Gasteiger partial charge in [0.25, 0.3) is 5.91 Å². The molecule has 0 atom stereocenters. The molecule has 4 heteroatoms. The third-order valence-electron chi connectivity index (χ3n) is 4.81. The Kier molecular flexibility index (Phi) is 4.39. The second kappa shape index (κ2) is 6.44. The summed E-state index contributed by atoms with van der Waals surface area (Å²) in [6.45, 7) is 0.779. The number of nitrogens with two attached hydrogens (primary N) is 1. The van der Waals surface area contributed by atoms with Crippen LogP contribution in [-0.2, 0) is 0 Å². The molecule has 22 heavy (non-hydrogen) atoms. The maximum Gasteiger partial charge on any atom is 0.251 e. The summed E-state index contributed by atoms with van der Waals surface area (Å²) in [5, 5.41) is 3.65. The maximum atomic E-state index is 12.2. The van der Waals surface area contributed by atoms with Gasteiger partial charge in [0, 0.05) is 24.0 Å². The van der Waals surface area contributed by atoms with Crippen LogP contribution in [0.4, 0.5) is 0 Å². The van der Waals surface area contributed by atoms with Crippen LogP contribution in [0.5, 0.6) is 0 Å². The van der Waals surface area contributed by atoms with E-state index < -0.39 is 0 Å². The summed E-state index contributed by atoms with van der Waals surface area (Å²) >= 11 is 0. The van der Waals surface area contributed by atoms with Crippen molar-refractivity contribution in [2.24, 2.45) is 11.7 Å². The number of fused-ring (bicyclic) bond motifs is 1. The Morgan fingerprint density at radius 2 is 2.00 bits per heavy atom. The van der Waals surface area contributed by atoms with E-state index in [2.05, 4.69) is 5.32 Å². The van der Waals surface area contributed by atoms with Gasteiger partial charge in [-0.2, -0.15) is 0 Å². The number of pyridine rings is 1. The smallest absolute Gasteiger partial charge is 0.251 e. The lowest BCUT2D eigenvalue weighted by molar-refractivity contribution is 0.0964. The third-order valence-corrected chi connectivity index (χ3v) is 4.81. The summed E-state index contributed by atoms with van der Waals surface area (Å²) in [5.74, 6) is 1.04. The summed E-state index contributed by atoms with van der Waals surface area (Å²) in [4.78, 5) is 17.0. The van der Waals surface area contributed by atoms with Gasteiger partial charge < -0.3 is 11.1 Å². The standard InChI is InChI=1S/C18H23N3O/c1-20-18(22)15-10-17(13-8-6-12(11-19)7-9-13)21-16-5-3-2-4-14(15)16/h2-5,10,12-13H,6-9,11,19H2,1H3,(H,20,22). The van der Waals surface area contributed by atoms with Crippen LogP contribution >= 0.6 is 0 Å². The third kappa shape index (κ3) is 2.83. The predicted molar refractivity (Wildman–Crippen MR) is 88.9 cm³/mol. The van der Waals surface area contributed by atoms with Crippen molar-refractivity contribution in [3.05, 3.63) is 41.6 Å². The van der Waals surface area contributed by atoms with Crippen LogP contribution in [0.15, 0.2) is 30.3 Å². The van der Waals surface area contributed by atoms with Crippen LogP contribution in [-0.4, -0.2) is 24.5 Å². The number of carbonyl (C=O) groups excluding carboxylic acids is 1. The van der Waals surface area contributed by atoms with E-state index in [1.807, 2.05) is 30.3 Å². The van der Waals surface area contributed by atoms with E-state index in [4.69, 9.17) is 10.7 Å². The van der Waals surface area contributed by atoms with E-state index in [0.29, 0.717) is 11.8 Å². The van der Waals surface area contributed by atoms with Crippen LogP contribution in [0.3, 0.4) is 0 Å². The van der Waals surface area contributed by atoms with Gasteiger partial charge in [-0.15, -0.1) is 0 Å². The molecule has 0 spiro atoms. The summed E-state index contributed by atoms with van der Waals surface area (Å²) in [6.07, 6.45) is 4.54. The van der Waals surface area contributed by atoms with Crippen molar-refractivity contribution < 1.29 is 4.79 Å². The second-order valence-electron chi connectivity index (χ2n) is 6.14. The van der Waals surface area contributed by atoms with Gasteiger partial charge in [-0.05, 0) is 50.3 Å². The number of hydrogen-bond donors (Lipinski definition) is 2. The fourth-order valence-corrected chi connectivity index (χ4v) is 3.42. The number of rotatable bonds is 3. The molecule has 1 aliphatic rings.